The first-order chi connectivity index (χ1) is 70.5. The molecule has 143 heavy (non-hydrogen) atoms. The highest BCUT2D eigenvalue weighted by Gasteiger charge is 2.66. The number of rotatable bonds is 10. The maximum absolute atomic E-state index is 6.46. The van der Waals surface area contributed by atoms with E-state index in [9.17, 15) is 0 Å². The molecule has 20 aromatic rings. The lowest BCUT2D eigenvalue weighted by atomic mass is 9.43. The van der Waals surface area contributed by atoms with Crippen molar-refractivity contribution < 1.29 is 4.42 Å². The van der Waals surface area contributed by atoms with E-state index < -0.39 is 0 Å². The van der Waals surface area contributed by atoms with Gasteiger partial charge in [-0.05, 0) is 374 Å². The maximum Gasteiger partial charge on any atom is 0.143 e. The molecule has 12 saturated carbocycles. The van der Waals surface area contributed by atoms with Gasteiger partial charge in [-0.15, -0.1) is 0 Å². The minimum atomic E-state index is -0.0168. The van der Waals surface area contributed by atoms with Crippen LogP contribution in [0, 0.1) is 71.0 Å². The van der Waals surface area contributed by atoms with Crippen LogP contribution in [0.2, 0.25) is 0 Å². The summed E-state index contributed by atoms with van der Waals surface area (Å²) in [6.07, 6.45) is 21.2. The molecule has 16 aliphatic carbocycles. The van der Waals surface area contributed by atoms with E-state index in [1.807, 2.05) is 6.07 Å². The number of fused-ring (bicyclic) bond motifs is 19. The molecule has 4 nitrogen and oxygen atoms in total. The summed E-state index contributed by atoms with van der Waals surface area (Å²) in [5.74, 6) is 10.1. The molecule has 4 heteroatoms. The van der Waals surface area contributed by atoms with Crippen molar-refractivity contribution in [3.8, 4) is 55.6 Å². The van der Waals surface area contributed by atoms with Crippen LogP contribution in [0.1, 0.15) is 155 Å². The molecule has 1 heterocycles. The molecule has 0 radical (unpaired) electrons. The number of anilines is 9. The van der Waals surface area contributed by atoms with Crippen LogP contribution in [0.4, 0.5) is 51.2 Å². The van der Waals surface area contributed by atoms with Gasteiger partial charge in [0.1, 0.15) is 11.2 Å². The van der Waals surface area contributed by atoms with Gasteiger partial charge in [0.15, 0.2) is 0 Å². The standard InChI is InChI=1S/C50H39NO.C47H41N.C42H35N/c1-2-10-35-30-39(24-19-33(35)9-1)51(38-22-20-34(21-23-38)40-13-7-14-42-41-11-4-6-18-47(41)52-49(40)42)46-17-8-16-45-48(46)43-12-3-5-15-44(43)50(45)36-26-31-25-32(28-36)29-37(50)27-31;1-46(2)40-14-7-5-12-37(40)39-28-36(20-21-41(39)46)48(35-19-18-31-10-3-4-11-32(31)27-35)44-17-9-16-43-45(44)38-13-6-8-15-42(38)47(43)33-23-29-22-30(25-33)26-34(47)24-29;1-2-11-31-26-34(20-19-29(31)9-1)43(39-17-7-12-30-10-3-4-13-35(30)39)40-18-8-16-38-41(40)36-14-5-6-15-37(36)42(38)32-22-27-21-28(24-32)25-33(42)23-27/h1-24,30-32,36-37H,25-29H2;3-21,27-30,33-34H,22-26H2,1-2H3;1-20,26-28,32-33H,21-25H2. The van der Waals surface area contributed by atoms with Crippen molar-refractivity contribution in [3.05, 3.63) is 451 Å². The molecular weight excluding hydrogens is 1730 g/mol. The van der Waals surface area contributed by atoms with Gasteiger partial charge in [-0.2, -0.15) is 0 Å². The summed E-state index contributed by atoms with van der Waals surface area (Å²) in [4.78, 5) is 7.69. The molecule has 0 aliphatic heterocycles. The van der Waals surface area contributed by atoms with Gasteiger partial charge in [0.25, 0.3) is 0 Å². The van der Waals surface area contributed by atoms with Crippen LogP contribution in [0.15, 0.2) is 411 Å². The van der Waals surface area contributed by atoms with Crippen LogP contribution in [-0.4, -0.2) is 0 Å². The minimum absolute atomic E-state index is 0.0168. The Morgan fingerprint density at radius 2 is 0.510 bits per heavy atom. The summed E-state index contributed by atoms with van der Waals surface area (Å²) in [6.45, 7) is 4.76. The van der Waals surface area contributed by atoms with Gasteiger partial charge in [0.2, 0.25) is 0 Å². The number of hydrogen-bond donors (Lipinski definition) is 0. The van der Waals surface area contributed by atoms with Crippen LogP contribution < -0.4 is 14.7 Å². The van der Waals surface area contributed by atoms with E-state index in [2.05, 4.69) is 429 Å². The van der Waals surface area contributed by atoms with Gasteiger partial charge < -0.3 is 19.1 Å². The summed E-state index contributed by atoms with van der Waals surface area (Å²) in [5.41, 5.74) is 39.6. The smallest absolute Gasteiger partial charge is 0.143 e. The molecule has 3 spiro atoms. The first-order valence-electron chi connectivity index (χ1n) is 53.8. The summed E-state index contributed by atoms with van der Waals surface area (Å²) < 4.78 is 6.46. The monoisotopic (exact) mass is 1840 g/mol. The molecule has 0 saturated heterocycles. The van der Waals surface area contributed by atoms with Gasteiger partial charge in [-0.1, -0.05) is 329 Å². The fourth-order valence-electron chi connectivity index (χ4n) is 34.3. The second-order valence-corrected chi connectivity index (χ2v) is 46.1. The Hall–Kier alpha value is -14.6. The lowest BCUT2D eigenvalue weighted by Gasteiger charge is -2.61. The van der Waals surface area contributed by atoms with Crippen LogP contribution in [0.5, 0.6) is 0 Å². The average molecular weight is 1840 g/mol. The number of benzene rings is 19. The van der Waals surface area contributed by atoms with Crippen LogP contribution in [-0.2, 0) is 21.7 Å². The SMILES string of the molecule is CC1(C)c2ccccc2-c2cc(N(c3ccc4ccccc4c3)c3cccc4c3-c3ccccc3C43C4CC5CC(C4)CC3C5)ccc21.c1ccc2c(c1)-c1c(N(c3ccc(-c4cccc5c4oc4ccccc45)cc3)c3ccc4ccccc4c3)cccc1C21C2CC3CC(C2)CC1C3.c1ccc2c(c1)-c1c(N(c3ccc4ccccc4c3)c3cccc4ccccc34)cccc1C21C2CC3CC(C2)CC1C3. The Balaban J connectivity index is 0.0000000985. The largest absolute Gasteiger partial charge is 0.455 e. The molecule has 12 fully saturated rings. The molecule has 0 atom stereocenters. The molecule has 0 N–H and O–H groups in total. The highest BCUT2D eigenvalue weighted by atomic mass is 16.3. The molecule has 16 aliphatic rings. The Morgan fingerprint density at radius 1 is 0.203 bits per heavy atom. The molecule has 12 bridgehead atoms. The molecule has 36 rings (SSSR count). The van der Waals surface area contributed by atoms with Crippen molar-refractivity contribution in [2.24, 2.45) is 71.0 Å². The van der Waals surface area contributed by atoms with Gasteiger partial charge in [-0.25, -0.2) is 0 Å². The molecule has 0 unspecified atom stereocenters. The van der Waals surface area contributed by atoms with E-state index in [1.54, 1.807) is 33.4 Å². The quantitative estimate of drug-likeness (QED) is 0.136. The number of para-hydroxylation sites is 2. The zero-order valence-electron chi connectivity index (χ0n) is 81.5. The van der Waals surface area contributed by atoms with Crippen molar-refractivity contribution in [2.45, 2.75) is 132 Å². The Bertz CT molecular complexity index is 8580. The summed E-state index contributed by atoms with van der Waals surface area (Å²) in [7, 11) is 0. The molecule has 19 aromatic carbocycles. The van der Waals surface area contributed by atoms with Crippen molar-refractivity contribution in [1.82, 2.24) is 0 Å². The minimum Gasteiger partial charge on any atom is -0.455 e. The van der Waals surface area contributed by atoms with Gasteiger partial charge >= 0.3 is 0 Å². The van der Waals surface area contributed by atoms with E-state index in [4.69, 9.17) is 4.42 Å². The maximum atomic E-state index is 6.46. The second-order valence-electron chi connectivity index (χ2n) is 46.1. The molecular formula is C139H115N3O. The number of furan rings is 1. The normalized spacial score (nSPS) is 25.4. The van der Waals surface area contributed by atoms with Gasteiger partial charge in [0, 0.05) is 88.5 Å². The Morgan fingerprint density at radius 3 is 0.979 bits per heavy atom. The highest BCUT2D eigenvalue weighted by molar-refractivity contribution is 6.11. The fourth-order valence-corrected chi connectivity index (χ4v) is 34.3. The van der Waals surface area contributed by atoms with Crippen LogP contribution in [0.3, 0.4) is 0 Å². The second kappa shape index (κ2) is 31.5. The van der Waals surface area contributed by atoms with E-state index >= 15 is 0 Å². The van der Waals surface area contributed by atoms with Crippen molar-refractivity contribution in [1.29, 1.82) is 0 Å². The molecule has 1 aromatic heterocycles. The number of hydrogen-bond acceptors (Lipinski definition) is 4. The van der Waals surface area contributed by atoms with Gasteiger partial charge in [0.05, 0.1) is 22.7 Å². The van der Waals surface area contributed by atoms with Crippen molar-refractivity contribution in [2.75, 3.05) is 14.7 Å². The van der Waals surface area contributed by atoms with E-state index in [0.29, 0.717) is 0 Å². The van der Waals surface area contributed by atoms with Crippen molar-refractivity contribution >= 4 is 116 Å². The lowest BCUT2D eigenvalue weighted by Crippen LogP contribution is -2.55. The fraction of sp³-hybridized carbons (Fsp3) is 0.237. The molecule has 692 valence electrons. The van der Waals surface area contributed by atoms with Crippen LogP contribution >= 0.6 is 0 Å². The van der Waals surface area contributed by atoms with Crippen molar-refractivity contribution in [3.63, 3.8) is 0 Å². The van der Waals surface area contributed by atoms with E-state index in [0.717, 1.165) is 110 Å². The number of nitrogens with zero attached hydrogens (tertiary/aromatic N) is 3. The van der Waals surface area contributed by atoms with Gasteiger partial charge in [-0.3, -0.25) is 0 Å². The zero-order chi connectivity index (χ0) is 93.9. The Labute approximate surface area is 838 Å². The summed E-state index contributed by atoms with van der Waals surface area (Å²) in [6, 6.07) is 154. The first-order valence-corrected chi connectivity index (χ1v) is 53.8. The molecule has 0 amide bonds. The lowest BCUT2D eigenvalue weighted by molar-refractivity contribution is -0.0399. The predicted octanol–water partition coefficient (Wildman–Crippen LogP) is 37.1. The zero-order valence-corrected chi connectivity index (χ0v) is 81.5. The first kappa shape index (κ1) is 83.1. The third kappa shape index (κ3) is 12.0. The summed E-state index contributed by atoms with van der Waals surface area (Å²) >= 11 is 0. The third-order valence-corrected chi connectivity index (χ3v) is 39.0. The topological polar surface area (TPSA) is 22.9 Å². The Kier molecular flexibility index (Phi) is 18.3. The van der Waals surface area contributed by atoms with E-state index in [-0.39, 0.29) is 21.7 Å². The highest BCUT2D eigenvalue weighted by Crippen LogP contribution is 2.75. The van der Waals surface area contributed by atoms with E-state index in [1.165, 1.54) is 241 Å². The summed E-state index contributed by atoms with van der Waals surface area (Å²) in [5, 5.41) is 12.5. The average Bonchev–Trinajstić information content (AvgIpc) is 1.54. The predicted molar refractivity (Wildman–Crippen MR) is 593 cm³/mol. The third-order valence-electron chi connectivity index (χ3n) is 39.0. The van der Waals surface area contributed by atoms with Crippen LogP contribution in [0.25, 0.3) is 121 Å².